The number of carbonyl (C=O) groups excluding carboxylic acids is 2. The highest BCUT2D eigenvalue weighted by molar-refractivity contribution is 5.93. The Morgan fingerprint density at radius 1 is 1.20 bits per heavy atom. The van der Waals surface area contributed by atoms with Gasteiger partial charge in [0.25, 0.3) is 0 Å². The van der Waals surface area contributed by atoms with Gasteiger partial charge in [-0.05, 0) is 37.8 Å². The van der Waals surface area contributed by atoms with Crippen LogP contribution in [0.25, 0.3) is 0 Å². The van der Waals surface area contributed by atoms with Gasteiger partial charge in [0.1, 0.15) is 0 Å². The van der Waals surface area contributed by atoms with Crippen molar-refractivity contribution < 1.29 is 14.3 Å². The zero-order valence-electron chi connectivity index (χ0n) is 15.4. The molecule has 2 N–H and O–H groups in total. The van der Waals surface area contributed by atoms with Crippen molar-refractivity contribution in [3.05, 3.63) is 29.3 Å². The fourth-order valence-electron chi connectivity index (χ4n) is 2.83. The SMILES string of the molecule is COCCNC(=O)CCN(CC(=O)Nc1c(C)cccc1C)C1CC1. The van der Waals surface area contributed by atoms with Gasteiger partial charge in [-0.3, -0.25) is 14.5 Å². The quantitative estimate of drug-likeness (QED) is 0.634. The Hall–Kier alpha value is -1.92. The van der Waals surface area contributed by atoms with Gasteiger partial charge in [-0.25, -0.2) is 0 Å². The molecule has 1 aliphatic rings. The third kappa shape index (κ3) is 6.48. The third-order valence-corrected chi connectivity index (χ3v) is 4.41. The Bertz CT molecular complexity index is 579. The Morgan fingerprint density at radius 2 is 1.88 bits per heavy atom. The first-order valence-corrected chi connectivity index (χ1v) is 8.87. The number of hydrogen-bond donors (Lipinski definition) is 2. The molecule has 138 valence electrons. The second kappa shape index (κ2) is 9.53. The monoisotopic (exact) mass is 347 g/mol. The van der Waals surface area contributed by atoms with Crippen molar-refractivity contribution in [1.82, 2.24) is 10.2 Å². The second-order valence-electron chi connectivity index (χ2n) is 6.61. The summed E-state index contributed by atoms with van der Waals surface area (Å²) in [4.78, 5) is 26.4. The van der Waals surface area contributed by atoms with Crippen LogP contribution in [0.5, 0.6) is 0 Å². The summed E-state index contributed by atoms with van der Waals surface area (Å²) in [6.45, 7) is 5.94. The number of rotatable bonds is 10. The van der Waals surface area contributed by atoms with E-state index in [2.05, 4.69) is 15.5 Å². The van der Waals surface area contributed by atoms with Crippen molar-refractivity contribution >= 4 is 17.5 Å². The maximum atomic E-state index is 12.4. The summed E-state index contributed by atoms with van der Waals surface area (Å²) in [5.74, 6) is -0.0260. The average Bonchev–Trinajstić information content (AvgIpc) is 3.40. The van der Waals surface area contributed by atoms with Crippen LogP contribution in [0.4, 0.5) is 5.69 Å². The normalized spacial score (nSPS) is 13.8. The van der Waals surface area contributed by atoms with Crippen molar-refractivity contribution in [2.45, 2.75) is 39.2 Å². The first-order valence-electron chi connectivity index (χ1n) is 8.87. The Balaban J connectivity index is 1.82. The highest BCUT2D eigenvalue weighted by Crippen LogP contribution is 2.27. The molecule has 25 heavy (non-hydrogen) atoms. The molecule has 1 saturated carbocycles. The van der Waals surface area contributed by atoms with E-state index in [-0.39, 0.29) is 11.8 Å². The van der Waals surface area contributed by atoms with E-state index >= 15 is 0 Å². The summed E-state index contributed by atoms with van der Waals surface area (Å²) in [5.41, 5.74) is 3.01. The Labute approximate surface area is 149 Å². The number of methoxy groups -OCH3 is 1. The molecule has 0 saturated heterocycles. The molecule has 2 amide bonds. The van der Waals surface area contributed by atoms with Gasteiger partial charge >= 0.3 is 0 Å². The number of hydrogen-bond acceptors (Lipinski definition) is 4. The number of nitrogens with one attached hydrogen (secondary N) is 2. The summed E-state index contributed by atoms with van der Waals surface area (Å²) >= 11 is 0. The van der Waals surface area contributed by atoms with Crippen LogP contribution in [0, 0.1) is 13.8 Å². The molecule has 0 bridgehead atoms. The predicted octanol–water partition coefficient (Wildman–Crippen LogP) is 1.86. The summed E-state index contributed by atoms with van der Waals surface area (Å²) in [7, 11) is 1.61. The van der Waals surface area contributed by atoms with E-state index in [9.17, 15) is 9.59 Å². The van der Waals surface area contributed by atoms with Gasteiger partial charge in [0.2, 0.25) is 11.8 Å². The number of anilines is 1. The molecular formula is C19H29N3O3. The minimum atomic E-state index is -0.0240. The van der Waals surface area contributed by atoms with Crippen LogP contribution in [-0.2, 0) is 14.3 Å². The van der Waals surface area contributed by atoms with Gasteiger partial charge in [-0.1, -0.05) is 18.2 Å². The molecule has 6 nitrogen and oxygen atoms in total. The van der Waals surface area contributed by atoms with E-state index in [0.29, 0.717) is 38.7 Å². The summed E-state index contributed by atoms with van der Waals surface area (Å²) < 4.78 is 4.92. The summed E-state index contributed by atoms with van der Waals surface area (Å²) in [6.07, 6.45) is 2.60. The highest BCUT2D eigenvalue weighted by atomic mass is 16.5. The van der Waals surface area contributed by atoms with Gasteiger partial charge < -0.3 is 15.4 Å². The molecule has 6 heteroatoms. The predicted molar refractivity (Wildman–Crippen MR) is 98.6 cm³/mol. The average molecular weight is 347 g/mol. The third-order valence-electron chi connectivity index (χ3n) is 4.41. The van der Waals surface area contributed by atoms with Crippen molar-refractivity contribution in [2.75, 3.05) is 38.7 Å². The molecule has 1 aromatic rings. The van der Waals surface area contributed by atoms with E-state index in [1.807, 2.05) is 32.0 Å². The lowest BCUT2D eigenvalue weighted by atomic mass is 10.1. The first-order chi connectivity index (χ1) is 12.0. The van der Waals surface area contributed by atoms with Crippen LogP contribution >= 0.6 is 0 Å². The van der Waals surface area contributed by atoms with Crippen molar-refractivity contribution in [3.63, 3.8) is 0 Å². The van der Waals surface area contributed by atoms with E-state index in [0.717, 1.165) is 29.7 Å². The number of ether oxygens (including phenoxy) is 1. The molecule has 0 aromatic heterocycles. The van der Waals surface area contributed by atoms with Gasteiger partial charge in [0.05, 0.1) is 13.2 Å². The minimum absolute atomic E-state index is 0.00198. The fourth-order valence-corrected chi connectivity index (χ4v) is 2.83. The molecule has 0 unspecified atom stereocenters. The number of nitrogens with zero attached hydrogens (tertiary/aromatic N) is 1. The zero-order valence-corrected chi connectivity index (χ0v) is 15.4. The Kier molecular flexibility index (Phi) is 7.40. The standard InChI is InChI=1S/C19H29N3O3/c1-14-5-4-6-15(2)19(14)21-18(24)13-22(16-7-8-16)11-9-17(23)20-10-12-25-3/h4-6,16H,7-13H2,1-3H3,(H,20,23)(H,21,24). The molecule has 2 rings (SSSR count). The molecule has 1 aromatic carbocycles. The van der Waals surface area contributed by atoms with Gasteiger partial charge in [-0.15, -0.1) is 0 Å². The summed E-state index contributed by atoms with van der Waals surface area (Å²) in [5, 5.41) is 5.84. The molecule has 0 aliphatic heterocycles. The first kappa shape index (κ1) is 19.4. The van der Waals surface area contributed by atoms with Gasteiger partial charge in [0.15, 0.2) is 0 Å². The molecule has 0 radical (unpaired) electrons. The number of amides is 2. The molecule has 0 atom stereocenters. The van der Waals surface area contributed by atoms with E-state index in [4.69, 9.17) is 4.74 Å². The van der Waals surface area contributed by atoms with Crippen LogP contribution < -0.4 is 10.6 Å². The van der Waals surface area contributed by atoms with Crippen LogP contribution in [0.15, 0.2) is 18.2 Å². The van der Waals surface area contributed by atoms with Crippen LogP contribution in [0.2, 0.25) is 0 Å². The number of aryl methyl sites for hydroxylation is 2. The van der Waals surface area contributed by atoms with E-state index < -0.39 is 0 Å². The fraction of sp³-hybridized carbons (Fsp3) is 0.579. The summed E-state index contributed by atoms with van der Waals surface area (Å²) in [6, 6.07) is 6.39. The van der Waals surface area contributed by atoms with Crippen molar-refractivity contribution in [1.29, 1.82) is 0 Å². The topological polar surface area (TPSA) is 70.7 Å². The molecule has 1 aliphatic carbocycles. The van der Waals surface area contributed by atoms with Crippen molar-refractivity contribution in [3.8, 4) is 0 Å². The maximum absolute atomic E-state index is 12.4. The Morgan fingerprint density at radius 3 is 2.48 bits per heavy atom. The number of benzene rings is 1. The van der Waals surface area contributed by atoms with Gasteiger partial charge in [-0.2, -0.15) is 0 Å². The van der Waals surface area contributed by atoms with Crippen LogP contribution in [0.1, 0.15) is 30.4 Å². The van der Waals surface area contributed by atoms with Gasteiger partial charge in [0, 0.05) is 38.3 Å². The lowest BCUT2D eigenvalue weighted by molar-refractivity contribution is -0.122. The number of carbonyl (C=O) groups is 2. The highest BCUT2D eigenvalue weighted by Gasteiger charge is 2.30. The zero-order chi connectivity index (χ0) is 18.2. The maximum Gasteiger partial charge on any atom is 0.238 e. The molecule has 1 fully saturated rings. The lowest BCUT2D eigenvalue weighted by Gasteiger charge is -2.22. The minimum Gasteiger partial charge on any atom is -0.383 e. The second-order valence-corrected chi connectivity index (χ2v) is 6.61. The largest absolute Gasteiger partial charge is 0.383 e. The lowest BCUT2D eigenvalue weighted by Crippen LogP contribution is -2.38. The smallest absolute Gasteiger partial charge is 0.238 e. The van der Waals surface area contributed by atoms with Crippen LogP contribution in [-0.4, -0.2) is 56.1 Å². The molecule has 0 heterocycles. The molecule has 0 spiro atoms. The van der Waals surface area contributed by atoms with Crippen LogP contribution in [0.3, 0.4) is 0 Å². The van der Waals surface area contributed by atoms with E-state index in [1.165, 1.54) is 0 Å². The van der Waals surface area contributed by atoms with E-state index in [1.54, 1.807) is 7.11 Å². The number of para-hydroxylation sites is 1. The van der Waals surface area contributed by atoms with Crippen molar-refractivity contribution in [2.24, 2.45) is 0 Å². The molecular weight excluding hydrogens is 318 g/mol.